The van der Waals surface area contributed by atoms with Gasteiger partial charge in [-0.2, -0.15) is 0 Å². The molecule has 0 saturated carbocycles. The first kappa shape index (κ1) is 35.2. The van der Waals surface area contributed by atoms with Crippen molar-refractivity contribution in [3.63, 3.8) is 0 Å². The first-order valence-electron chi connectivity index (χ1n) is 16.7. The molecule has 0 fully saturated rings. The Morgan fingerprint density at radius 2 is 1.02 bits per heavy atom. The van der Waals surface area contributed by atoms with Gasteiger partial charge in [0.05, 0.1) is 55.0 Å². The van der Waals surface area contributed by atoms with Crippen LogP contribution in [0, 0.1) is 13.8 Å². The van der Waals surface area contributed by atoms with Crippen LogP contribution >= 0.6 is 34.8 Å². The van der Waals surface area contributed by atoms with Gasteiger partial charge in [0.1, 0.15) is 0 Å². The zero-order valence-corrected chi connectivity index (χ0v) is 31.0. The van der Waals surface area contributed by atoms with Crippen LogP contribution in [0.2, 0.25) is 10.0 Å². The summed E-state index contributed by atoms with van der Waals surface area (Å²) in [6.07, 6.45) is 3.50. The van der Waals surface area contributed by atoms with Gasteiger partial charge >= 0.3 is 0 Å². The molecule has 0 saturated heterocycles. The van der Waals surface area contributed by atoms with Gasteiger partial charge in [-0.25, -0.2) is 9.97 Å². The van der Waals surface area contributed by atoms with Gasteiger partial charge in [0.15, 0.2) is 0 Å². The van der Waals surface area contributed by atoms with Crippen molar-refractivity contribution in [1.82, 2.24) is 24.8 Å². The number of halogens is 3. The third kappa shape index (κ3) is 6.41. The number of carbonyl (C=O) groups excluding carboxylic acids is 2. The summed E-state index contributed by atoms with van der Waals surface area (Å²) < 4.78 is 0. The molecule has 7 aromatic rings. The van der Waals surface area contributed by atoms with Crippen LogP contribution in [0.4, 0.5) is 0 Å². The molecule has 2 amide bonds. The summed E-state index contributed by atoms with van der Waals surface area (Å²) in [5.41, 5.74) is 9.13. The molecule has 3 aromatic carbocycles. The Hall–Kier alpha value is -5.21. The number of aryl methyl sites for hydroxylation is 2. The Balaban J connectivity index is 0.000000175. The second-order valence-corrected chi connectivity index (χ2v) is 14.0. The van der Waals surface area contributed by atoms with E-state index in [2.05, 4.69) is 16.0 Å². The lowest BCUT2D eigenvalue weighted by atomic mass is 9.97. The van der Waals surface area contributed by atoms with E-state index in [1.807, 2.05) is 88.4 Å². The highest BCUT2D eigenvalue weighted by Gasteiger charge is 2.39. The predicted molar refractivity (Wildman–Crippen MR) is 209 cm³/mol. The van der Waals surface area contributed by atoms with Gasteiger partial charge in [0, 0.05) is 51.2 Å². The fourth-order valence-corrected chi connectivity index (χ4v) is 7.19. The molecule has 0 N–H and O–H groups in total. The summed E-state index contributed by atoms with van der Waals surface area (Å²) in [5.74, 6) is -0.596. The van der Waals surface area contributed by atoms with Crippen LogP contribution in [0.3, 0.4) is 0 Å². The van der Waals surface area contributed by atoms with Crippen LogP contribution < -0.4 is 0 Å². The van der Waals surface area contributed by atoms with E-state index >= 15 is 0 Å². The van der Waals surface area contributed by atoms with Crippen LogP contribution in [0.25, 0.3) is 44.3 Å². The minimum atomic E-state index is -0.530. The summed E-state index contributed by atoms with van der Waals surface area (Å²) in [5, 5.41) is 2.88. The lowest BCUT2D eigenvalue weighted by Crippen LogP contribution is -2.33. The Kier molecular flexibility index (Phi) is 9.77. The third-order valence-corrected chi connectivity index (χ3v) is 10.1. The quantitative estimate of drug-likeness (QED) is 0.129. The van der Waals surface area contributed by atoms with Crippen molar-refractivity contribution >= 4 is 68.4 Å². The number of pyridine rings is 4. The molecule has 1 aliphatic heterocycles. The topological polar surface area (TPSA) is 88.9 Å². The molecular weight excluding hydrogens is 713 g/mol. The molecule has 52 heavy (non-hydrogen) atoms. The molecule has 1 aliphatic rings. The van der Waals surface area contributed by atoms with E-state index in [1.54, 1.807) is 42.7 Å². The number of nitrogens with zero attached hydrogens (tertiary/aromatic N) is 5. The standard InChI is InChI=1S/C25H18ClN3O2.C17H14Cl2N2/c1-14-17(10-6-12-27-14)23-20(13-16-7-5-11-21(26)22(16)28-23)15(2)29-24(30)18-8-3-4-9-19(18)25(29)31;1-10(18)14-9-12-5-3-7-15(19)16(12)21-17(14)13-6-4-8-20-11(13)2/h3-13,15H,1-2H3;3-10H,1-2H3. The van der Waals surface area contributed by atoms with Gasteiger partial charge in [-0.15, -0.1) is 11.6 Å². The Morgan fingerprint density at radius 1 is 0.577 bits per heavy atom. The van der Waals surface area contributed by atoms with Crippen LogP contribution in [0.15, 0.2) is 109 Å². The molecule has 4 aromatic heterocycles. The minimum Gasteiger partial charge on any atom is -0.269 e. The number of aromatic nitrogens is 4. The number of carbonyl (C=O) groups is 2. The van der Waals surface area contributed by atoms with E-state index in [0.29, 0.717) is 32.4 Å². The lowest BCUT2D eigenvalue weighted by Gasteiger charge is -2.25. The number of hydrogen-bond acceptors (Lipinski definition) is 6. The molecule has 8 rings (SSSR count). The highest BCUT2D eigenvalue weighted by molar-refractivity contribution is 6.35. The summed E-state index contributed by atoms with van der Waals surface area (Å²) in [6.45, 7) is 7.68. The molecule has 7 nitrogen and oxygen atoms in total. The maximum absolute atomic E-state index is 13.1. The number of hydrogen-bond donors (Lipinski definition) is 0. The molecular formula is C42H32Cl3N5O2. The average Bonchev–Trinajstić information content (AvgIpc) is 3.40. The highest BCUT2D eigenvalue weighted by atomic mass is 35.5. The summed E-state index contributed by atoms with van der Waals surface area (Å²) in [7, 11) is 0. The van der Waals surface area contributed by atoms with E-state index in [4.69, 9.17) is 44.8 Å². The van der Waals surface area contributed by atoms with Crippen molar-refractivity contribution in [1.29, 1.82) is 0 Å². The zero-order valence-electron chi connectivity index (χ0n) is 28.7. The molecule has 0 radical (unpaired) electrons. The Labute approximate surface area is 316 Å². The predicted octanol–water partition coefficient (Wildman–Crippen LogP) is 11.2. The van der Waals surface area contributed by atoms with Crippen LogP contribution in [-0.2, 0) is 0 Å². The number of benzene rings is 3. The monoisotopic (exact) mass is 743 g/mol. The number of alkyl halides is 1. The molecule has 5 heterocycles. The summed E-state index contributed by atoms with van der Waals surface area (Å²) in [6, 6.07) is 29.4. The molecule has 2 atom stereocenters. The van der Waals surface area contributed by atoms with Gasteiger partial charge in [-0.1, -0.05) is 59.6 Å². The van der Waals surface area contributed by atoms with E-state index in [-0.39, 0.29) is 17.2 Å². The van der Waals surface area contributed by atoms with Gasteiger partial charge < -0.3 is 0 Å². The number of para-hydroxylation sites is 2. The van der Waals surface area contributed by atoms with E-state index in [0.717, 1.165) is 55.6 Å². The third-order valence-electron chi connectivity index (χ3n) is 9.27. The smallest absolute Gasteiger partial charge is 0.262 e. The van der Waals surface area contributed by atoms with Crippen molar-refractivity contribution in [2.24, 2.45) is 0 Å². The number of imide groups is 1. The van der Waals surface area contributed by atoms with Gasteiger partial charge in [0.2, 0.25) is 0 Å². The van der Waals surface area contributed by atoms with E-state index < -0.39 is 6.04 Å². The van der Waals surface area contributed by atoms with Crippen LogP contribution in [-0.4, -0.2) is 36.7 Å². The first-order chi connectivity index (χ1) is 25.0. The van der Waals surface area contributed by atoms with Crippen LogP contribution in [0.1, 0.15) is 68.5 Å². The molecule has 10 heteroatoms. The zero-order chi connectivity index (χ0) is 36.7. The van der Waals surface area contributed by atoms with Crippen LogP contribution in [0.5, 0.6) is 0 Å². The van der Waals surface area contributed by atoms with Crippen molar-refractivity contribution < 1.29 is 9.59 Å². The molecule has 2 unspecified atom stereocenters. The van der Waals surface area contributed by atoms with Crippen molar-refractivity contribution in [2.75, 3.05) is 0 Å². The normalized spacial score (nSPS) is 13.6. The largest absolute Gasteiger partial charge is 0.269 e. The second-order valence-electron chi connectivity index (χ2n) is 12.6. The molecule has 0 aliphatic carbocycles. The Morgan fingerprint density at radius 3 is 1.48 bits per heavy atom. The highest BCUT2D eigenvalue weighted by Crippen LogP contribution is 2.39. The SMILES string of the molecule is Cc1ncccc1-c1nc2c(Cl)cccc2cc1C(C)Cl.Cc1ncccc1-c1nc2c(Cl)cccc2cc1C(C)N1C(=O)c2ccccc2C1=O. The van der Waals surface area contributed by atoms with E-state index in [9.17, 15) is 9.59 Å². The fourth-order valence-electron chi connectivity index (χ4n) is 6.58. The number of fused-ring (bicyclic) bond motifs is 3. The molecule has 0 spiro atoms. The minimum absolute atomic E-state index is 0.143. The number of rotatable bonds is 5. The first-order valence-corrected chi connectivity index (χ1v) is 17.9. The second kappa shape index (κ2) is 14.4. The lowest BCUT2D eigenvalue weighted by molar-refractivity contribution is 0.0595. The number of amides is 2. The van der Waals surface area contributed by atoms with Gasteiger partial charge in [-0.05, 0) is 93.9 Å². The molecule has 258 valence electrons. The average molecular weight is 745 g/mol. The fraction of sp³-hybridized carbons (Fsp3) is 0.143. The van der Waals surface area contributed by atoms with Crippen molar-refractivity contribution in [3.8, 4) is 22.5 Å². The van der Waals surface area contributed by atoms with Gasteiger partial charge in [0.25, 0.3) is 11.8 Å². The Bertz CT molecular complexity index is 2500. The van der Waals surface area contributed by atoms with Gasteiger partial charge in [-0.3, -0.25) is 24.5 Å². The molecule has 0 bridgehead atoms. The van der Waals surface area contributed by atoms with Crippen molar-refractivity contribution in [2.45, 2.75) is 39.1 Å². The maximum Gasteiger partial charge on any atom is 0.262 e. The van der Waals surface area contributed by atoms with Crippen molar-refractivity contribution in [3.05, 3.63) is 153 Å². The summed E-state index contributed by atoms with van der Waals surface area (Å²) >= 11 is 19.1. The van der Waals surface area contributed by atoms with E-state index in [1.165, 1.54) is 4.90 Å². The summed E-state index contributed by atoms with van der Waals surface area (Å²) in [4.78, 5) is 45.9. The maximum atomic E-state index is 13.1.